The van der Waals surface area contributed by atoms with Gasteiger partial charge in [0.15, 0.2) is 0 Å². The van der Waals surface area contributed by atoms with Crippen LogP contribution in [-0.4, -0.2) is 27.8 Å². The summed E-state index contributed by atoms with van der Waals surface area (Å²) < 4.78 is 7.07. The molecule has 0 fully saturated rings. The number of amides is 1. The highest BCUT2D eigenvalue weighted by molar-refractivity contribution is 6.30. The quantitative estimate of drug-likeness (QED) is 0.346. The molecule has 2 N–H and O–H groups in total. The average Bonchev–Trinajstić information content (AvgIpc) is 3.30. The largest absolute Gasteiger partial charge is 0.496 e. The lowest BCUT2D eigenvalue weighted by Gasteiger charge is -2.24. The van der Waals surface area contributed by atoms with Gasteiger partial charge in [-0.1, -0.05) is 72.3 Å². The molecule has 0 spiro atoms. The van der Waals surface area contributed by atoms with Gasteiger partial charge < -0.3 is 10.1 Å². The SMILES string of the molecule is COc1ccccc1/C=C/C(=O)Nc1nc2n(n1)C(c1ccc(Cl)cc1)C=C(c1ccccc1)N2. The number of ether oxygens (including phenoxy) is 1. The predicted octanol–water partition coefficient (Wildman–Crippen LogP) is 5.65. The zero-order valence-corrected chi connectivity index (χ0v) is 19.6. The van der Waals surface area contributed by atoms with Gasteiger partial charge in [0.25, 0.3) is 11.9 Å². The minimum Gasteiger partial charge on any atom is -0.496 e. The van der Waals surface area contributed by atoms with Crippen molar-refractivity contribution in [3.05, 3.63) is 113 Å². The van der Waals surface area contributed by atoms with E-state index in [-0.39, 0.29) is 17.9 Å². The number of carbonyl (C=O) groups is 1. The van der Waals surface area contributed by atoms with Gasteiger partial charge in [0.05, 0.1) is 7.11 Å². The van der Waals surface area contributed by atoms with Crippen molar-refractivity contribution in [1.29, 1.82) is 0 Å². The zero-order chi connectivity index (χ0) is 24.2. The first-order valence-electron chi connectivity index (χ1n) is 11.0. The molecule has 5 rings (SSSR count). The van der Waals surface area contributed by atoms with Gasteiger partial charge in [-0.05, 0) is 41.5 Å². The number of nitrogens with one attached hydrogen (secondary N) is 2. The van der Waals surface area contributed by atoms with Crippen LogP contribution in [0.5, 0.6) is 5.75 Å². The summed E-state index contributed by atoms with van der Waals surface area (Å²) >= 11 is 6.11. The Morgan fingerprint density at radius 2 is 1.80 bits per heavy atom. The first kappa shape index (κ1) is 22.4. The van der Waals surface area contributed by atoms with Crippen LogP contribution in [0.4, 0.5) is 11.9 Å². The minimum absolute atomic E-state index is 0.198. The van der Waals surface area contributed by atoms with E-state index < -0.39 is 0 Å². The highest BCUT2D eigenvalue weighted by atomic mass is 35.5. The molecule has 2 heterocycles. The number of para-hydroxylation sites is 1. The first-order chi connectivity index (χ1) is 17.1. The fourth-order valence-electron chi connectivity index (χ4n) is 3.85. The number of aromatic nitrogens is 3. The van der Waals surface area contributed by atoms with E-state index >= 15 is 0 Å². The van der Waals surface area contributed by atoms with E-state index in [4.69, 9.17) is 16.3 Å². The average molecular weight is 484 g/mol. The molecule has 1 aliphatic rings. The lowest BCUT2D eigenvalue weighted by molar-refractivity contribution is -0.111. The summed E-state index contributed by atoms with van der Waals surface area (Å²) in [7, 11) is 1.59. The van der Waals surface area contributed by atoms with Gasteiger partial charge in [0.2, 0.25) is 5.95 Å². The molecule has 3 aromatic carbocycles. The number of hydrogen-bond donors (Lipinski definition) is 2. The molecular formula is C27H22ClN5O2. The Kier molecular flexibility index (Phi) is 6.32. The molecule has 7 nitrogen and oxygen atoms in total. The second-order valence-electron chi connectivity index (χ2n) is 7.84. The molecule has 1 atom stereocenters. The van der Waals surface area contributed by atoms with Gasteiger partial charge in [0, 0.05) is 22.4 Å². The minimum atomic E-state index is -0.349. The van der Waals surface area contributed by atoms with Crippen molar-refractivity contribution in [3.63, 3.8) is 0 Å². The highest BCUT2D eigenvalue weighted by Gasteiger charge is 2.25. The van der Waals surface area contributed by atoms with Crippen LogP contribution in [0.2, 0.25) is 5.02 Å². The second-order valence-corrected chi connectivity index (χ2v) is 8.27. The van der Waals surface area contributed by atoms with Crippen molar-refractivity contribution in [1.82, 2.24) is 14.8 Å². The Hall–Kier alpha value is -4.36. The van der Waals surface area contributed by atoms with Gasteiger partial charge >= 0.3 is 0 Å². The Bertz CT molecular complexity index is 1410. The summed E-state index contributed by atoms with van der Waals surface area (Å²) in [5.41, 5.74) is 3.71. The topological polar surface area (TPSA) is 81.1 Å². The Morgan fingerprint density at radius 1 is 1.06 bits per heavy atom. The standard InChI is InChI=1S/C27H22ClN5O2/c1-35-24-10-6-5-9-20(24)13-16-25(34)30-26-31-27-29-22(18-7-3-2-4-8-18)17-23(33(27)32-26)19-11-14-21(28)15-12-19/h2-17,23H,1H3,(H2,29,30,31,32,34)/b16-13+. The lowest BCUT2D eigenvalue weighted by Crippen LogP contribution is -2.20. The summed E-state index contributed by atoms with van der Waals surface area (Å²) in [5, 5.41) is 11.3. The maximum Gasteiger partial charge on any atom is 0.250 e. The van der Waals surface area contributed by atoms with Crippen LogP contribution in [-0.2, 0) is 4.79 Å². The molecule has 0 saturated heterocycles. The number of fused-ring (bicyclic) bond motifs is 1. The molecule has 1 aromatic heterocycles. The Balaban J connectivity index is 1.42. The summed E-state index contributed by atoms with van der Waals surface area (Å²) in [6, 6.07) is 24.8. The van der Waals surface area contributed by atoms with E-state index in [1.54, 1.807) is 17.9 Å². The number of rotatable bonds is 6. The van der Waals surface area contributed by atoms with E-state index in [1.165, 1.54) is 6.08 Å². The monoisotopic (exact) mass is 483 g/mol. The third kappa shape index (κ3) is 4.95. The summed E-state index contributed by atoms with van der Waals surface area (Å²) in [6.07, 6.45) is 5.19. The van der Waals surface area contributed by atoms with Crippen molar-refractivity contribution in [2.75, 3.05) is 17.7 Å². The van der Waals surface area contributed by atoms with E-state index in [0.29, 0.717) is 16.7 Å². The molecule has 1 aliphatic heterocycles. The van der Waals surface area contributed by atoms with Crippen LogP contribution in [0, 0.1) is 0 Å². The van der Waals surface area contributed by atoms with Crippen molar-refractivity contribution < 1.29 is 9.53 Å². The van der Waals surface area contributed by atoms with E-state index in [9.17, 15) is 4.79 Å². The van der Waals surface area contributed by atoms with Gasteiger partial charge in [0.1, 0.15) is 11.8 Å². The molecular weight excluding hydrogens is 462 g/mol. The molecule has 1 amide bonds. The molecule has 0 radical (unpaired) electrons. The number of benzene rings is 3. The van der Waals surface area contributed by atoms with E-state index in [0.717, 1.165) is 22.4 Å². The first-order valence-corrected chi connectivity index (χ1v) is 11.4. The van der Waals surface area contributed by atoms with Crippen molar-refractivity contribution in [3.8, 4) is 5.75 Å². The third-order valence-corrected chi connectivity index (χ3v) is 5.80. The fraction of sp³-hybridized carbons (Fsp3) is 0.0741. The van der Waals surface area contributed by atoms with Crippen LogP contribution in [0.25, 0.3) is 11.8 Å². The van der Waals surface area contributed by atoms with E-state index in [2.05, 4.69) is 26.8 Å². The Labute approximate surface area is 207 Å². The number of methoxy groups -OCH3 is 1. The number of carbonyl (C=O) groups excluding carboxylic acids is 1. The van der Waals surface area contributed by atoms with Gasteiger partial charge in [-0.2, -0.15) is 4.98 Å². The third-order valence-electron chi connectivity index (χ3n) is 5.55. The number of anilines is 2. The van der Waals surface area contributed by atoms with Crippen LogP contribution >= 0.6 is 11.6 Å². The Morgan fingerprint density at radius 3 is 2.57 bits per heavy atom. The second kappa shape index (κ2) is 9.87. The highest BCUT2D eigenvalue weighted by Crippen LogP contribution is 2.33. The molecule has 0 saturated carbocycles. The van der Waals surface area contributed by atoms with Crippen LogP contribution < -0.4 is 15.4 Å². The molecule has 0 aliphatic carbocycles. The normalized spacial score (nSPS) is 14.7. The summed E-state index contributed by atoms with van der Waals surface area (Å²) in [6.45, 7) is 0. The van der Waals surface area contributed by atoms with Crippen LogP contribution in [0.15, 0.2) is 91.0 Å². The molecule has 0 bridgehead atoms. The van der Waals surface area contributed by atoms with Crippen molar-refractivity contribution in [2.45, 2.75) is 6.04 Å². The maximum atomic E-state index is 12.6. The molecule has 174 valence electrons. The summed E-state index contributed by atoms with van der Waals surface area (Å²) in [4.78, 5) is 17.1. The van der Waals surface area contributed by atoms with Crippen LogP contribution in [0.1, 0.15) is 22.7 Å². The van der Waals surface area contributed by atoms with Crippen molar-refractivity contribution in [2.24, 2.45) is 0 Å². The molecule has 8 heteroatoms. The van der Waals surface area contributed by atoms with Gasteiger partial charge in [-0.3, -0.25) is 10.1 Å². The summed E-state index contributed by atoms with van der Waals surface area (Å²) in [5.74, 6) is 1.05. The number of allylic oxidation sites excluding steroid dienone is 1. The smallest absolute Gasteiger partial charge is 0.250 e. The number of nitrogens with zero attached hydrogens (tertiary/aromatic N) is 3. The van der Waals surface area contributed by atoms with Gasteiger partial charge in [-0.15, -0.1) is 5.10 Å². The fourth-order valence-corrected chi connectivity index (χ4v) is 3.98. The predicted molar refractivity (Wildman–Crippen MR) is 138 cm³/mol. The zero-order valence-electron chi connectivity index (χ0n) is 18.9. The van der Waals surface area contributed by atoms with E-state index in [1.807, 2.05) is 78.9 Å². The van der Waals surface area contributed by atoms with Crippen LogP contribution in [0.3, 0.4) is 0 Å². The number of halogens is 1. The maximum absolute atomic E-state index is 12.6. The lowest BCUT2D eigenvalue weighted by atomic mass is 10.0. The molecule has 4 aromatic rings. The van der Waals surface area contributed by atoms with Gasteiger partial charge in [-0.25, -0.2) is 4.68 Å². The molecule has 35 heavy (non-hydrogen) atoms. The molecule has 1 unspecified atom stereocenters. The number of hydrogen-bond acceptors (Lipinski definition) is 5. The van der Waals surface area contributed by atoms with Crippen molar-refractivity contribution >= 4 is 41.2 Å².